The van der Waals surface area contributed by atoms with Gasteiger partial charge in [0.1, 0.15) is 4.21 Å². The second kappa shape index (κ2) is 6.11. The second-order valence-electron chi connectivity index (χ2n) is 3.77. The normalized spacial score (nSPS) is 13.1. The highest BCUT2D eigenvalue weighted by Crippen LogP contribution is 2.14. The van der Waals surface area contributed by atoms with Crippen LogP contribution in [0.25, 0.3) is 0 Å². The third-order valence-electron chi connectivity index (χ3n) is 2.27. The summed E-state index contributed by atoms with van der Waals surface area (Å²) in [7, 11) is -5.19. The van der Waals surface area contributed by atoms with Gasteiger partial charge in [-0.3, -0.25) is 0 Å². The van der Waals surface area contributed by atoms with Crippen LogP contribution in [0.3, 0.4) is 0 Å². The number of nitrogens with one attached hydrogen (secondary N) is 1. The van der Waals surface area contributed by atoms with E-state index in [1.165, 1.54) is 17.4 Å². The molecule has 1 aromatic heterocycles. The maximum absolute atomic E-state index is 11.7. The summed E-state index contributed by atoms with van der Waals surface area (Å²) in [6, 6.07) is 3.19. The molecule has 0 bridgehead atoms. The molecular weight excluding hydrogens is 296 g/mol. The number of hydrogen-bond donors (Lipinski definition) is 1. The van der Waals surface area contributed by atoms with Crippen LogP contribution in [0.2, 0.25) is 0 Å². The van der Waals surface area contributed by atoms with E-state index in [0.29, 0.717) is 6.42 Å². The van der Waals surface area contributed by atoms with E-state index >= 15 is 0 Å². The van der Waals surface area contributed by atoms with Crippen molar-refractivity contribution in [3.8, 4) is 0 Å². The summed E-state index contributed by atoms with van der Waals surface area (Å²) in [6.07, 6.45) is 1.54. The molecule has 0 amide bonds. The molecule has 0 aliphatic heterocycles. The Balaban J connectivity index is 2.40. The lowest BCUT2D eigenvalue weighted by atomic mass is 10.4. The van der Waals surface area contributed by atoms with Gasteiger partial charge in [0.2, 0.25) is 20.0 Å². The molecule has 0 aliphatic carbocycles. The predicted octanol–water partition coefficient (Wildman–Crippen LogP) is 0.308. The maximum Gasteiger partial charge on any atom is 0.250 e. The monoisotopic (exact) mass is 312 g/mol. The highest BCUT2D eigenvalue weighted by molar-refractivity contribution is 7.91. The molecule has 1 aromatic rings. The lowest BCUT2D eigenvalue weighted by Crippen LogP contribution is -2.30. The summed E-state index contributed by atoms with van der Waals surface area (Å²) in [4.78, 5) is 0. The summed E-state index contributed by atoms with van der Waals surface area (Å²) >= 11 is 1.14. The number of nitrogens with zero attached hydrogens (tertiary/aromatic N) is 1. The summed E-state index contributed by atoms with van der Waals surface area (Å²) in [5, 5.41) is 1.69. The van der Waals surface area contributed by atoms with Gasteiger partial charge in [0, 0.05) is 20.1 Å². The van der Waals surface area contributed by atoms with Crippen LogP contribution in [0.5, 0.6) is 0 Å². The molecule has 1 rings (SSSR count). The van der Waals surface area contributed by atoms with Crippen LogP contribution in [-0.4, -0.2) is 47.5 Å². The van der Waals surface area contributed by atoms with Crippen molar-refractivity contribution >= 4 is 31.4 Å². The van der Waals surface area contributed by atoms with Crippen LogP contribution in [0.15, 0.2) is 21.7 Å². The number of rotatable bonds is 7. The molecule has 0 unspecified atom stereocenters. The van der Waals surface area contributed by atoms with E-state index in [-0.39, 0.29) is 17.3 Å². The van der Waals surface area contributed by atoms with Crippen molar-refractivity contribution in [2.45, 2.75) is 10.6 Å². The predicted molar refractivity (Wildman–Crippen MR) is 71.6 cm³/mol. The summed E-state index contributed by atoms with van der Waals surface area (Å²) in [5.41, 5.74) is 0. The minimum absolute atomic E-state index is 0.208. The Hall–Kier alpha value is -0.480. The fourth-order valence-corrected chi connectivity index (χ4v) is 3.73. The van der Waals surface area contributed by atoms with Gasteiger partial charge < -0.3 is 0 Å². The molecule has 6 nitrogen and oxygen atoms in total. The van der Waals surface area contributed by atoms with Crippen LogP contribution < -0.4 is 4.72 Å². The third-order valence-corrected chi connectivity index (χ3v) is 6.44. The van der Waals surface area contributed by atoms with E-state index in [1.807, 2.05) is 0 Å². The van der Waals surface area contributed by atoms with Crippen molar-refractivity contribution in [1.29, 1.82) is 0 Å². The molecule has 1 heterocycles. The van der Waals surface area contributed by atoms with E-state index in [9.17, 15) is 16.8 Å². The molecule has 1 N–H and O–H groups in total. The Kier molecular flexibility index (Phi) is 5.29. The van der Waals surface area contributed by atoms with Crippen molar-refractivity contribution in [2.24, 2.45) is 0 Å². The molecule has 0 saturated heterocycles. The van der Waals surface area contributed by atoms with Gasteiger partial charge in [0.25, 0.3) is 0 Å². The number of thiophene rings is 1. The highest BCUT2D eigenvalue weighted by Gasteiger charge is 2.15. The van der Waals surface area contributed by atoms with Gasteiger partial charge in [-0.15, -0.1) is 11.3 Å². The van der Waals surface area contributed by atoms with Crippen LogP contribution >= 0.6 is 11.3 Å². The minimum atomic E-state index is -3.45. The summed E-state index contributed by atoms with van der Waals surface area (Å²) in [6.45, 7) is 0.492. The van der Waals surface area contributed by atoms with E-state index in [2.05, 4.69) is 4.72 Å². The SMILES string of the molecule is CN(CCCNS(=O)(=O)c1cccs1)S(C)(=O)=O. The van der Waals surface area contributed by atoms with Gasteiger partial charge in [-0.2, -0.15) is 0 Å². The van der Waals surface area contributed by atoms with E-state index < -0.39 is 20.0 Å². The van der Waals surface area contributed by atoms with Gasteiger partial charge >= 0.3 is 0 Å². The summed E-state index contributed by atoms with van der Waals surface area (Å²) in [5.74, 6) is 0. The molecule has 9 heteroatoms. The summed E-state index contributed by atoms with van der Waals surface area (Å²) < 4.78 is 49.5. The molecule has 0 radical (unpaired) electrons. The standard InChI is InChI=1S/C9H16N2O4S3/c1-11(17(2,12)13)7-4-6-10-18(14,15)9-5-3-8-16-9/h3,5,8,10H,4,6-7H2,1-2H3. The van der Waals surface area contributed by atoms with Crippen LogP contribution in [0.4, 0.5) is 0 Å². The quantitative estimate of drug-likeness (QED) is 0.734. The Morgan fingerprint density at radius 2 is 2.00 bits per heavy atom. The number of sulfonamides is 2. The van der Waals surface area contributed by atoms with Gasteiger partial charge in [0.15, 0.2) is 0 Å². The zero-order chi connectivity index (χ0) is 13.8. The average Bonchev–Trinajstić information content (AvgIpc) is 2.76. The Morgan fingerprint density at radius 1 is 1.33 bits per heavy atom. The lowest BCUT2D eigenvalue weighted by Gasteiger charge is -2.13. The molecule has 0 saturated carbocycles. The molecule has 0 fully saturated rings. The van der Waals surface area contributed by atoms with E-state index in [4.69, 9.17) is 0 Å². The van der Waals surface area contributed by atoms with E-state index in [0.717, 1.165) is 17.6 Å². The molecule has 0 aliphatic rings. The molecular formula is C9H16N2O4S3. The zero-order valence-electron chi connectivity index (χ0n) is 10.2. The smallest absolute Gasteiger partial charge is 0.213 e. The first-order valence-electron chi connectivity index (χ1n) is 5.18. The van der Waals surface area contributed by atoms with Crippen LogP contribution in [0, 0.1) is 0 Å². The fourth-order valence-electron chi connectivity index (χ4n) is 1.16. The fraction of sp³-hybridized carbons (Fsp3) is 0.556. The number of hydrogen-bond acceptors (Lipinski definition) is 5. The van der Waals surface area contributed by atoms with Gasteiger partial charge in [0.05, 0.1) is 6.26 Å². The van der Waals surface area contributed by atoms with Crippen LogP contribution in [-0.2, 0) is 20.0 Å². The minimum Gasteiger partial charge on any atom is -0.213 e. The largest absolute Gasteiger partial charge is 0.250 e. The average molecular weight is 312 g/mol. The first-order chi connectivity index (χ1) is 8.23. The van der Waals surface area contributed by atoms with Crippen molar-refractivity contribution in [1.82, 2.24) is 9.03 Å². The Labute approximate surface area is 112 Å². The lowest BCUT2D eigenvalue weighted by molar-refractivity contribution is 0.465. The first-order valence-corrected chi connectivity index (χ1v) is 9.39. The van der Waals surface area contributed by atoms with Crippen LogP contribution in [0.1, 0.15) is 6.42 Å². The molecule has 0 aromatic carbocycles. The van der Waals surface area contributed by atoms with Crippen molar-refractivity contribution in [3.05, 3.63) is 17.5 Å². The maximum atomic E-state index is 11.7. The van der Waals surface area contributed by atoms with Gasteiger partial charge in [-0.25, -0.2) is 25.9 Å². The molecule has 0 spiro atoms. The molecule has 104 valence electrons. The Bertz CT molecular complexity index is 563. The molecule has 18 heavy (non-hydrogen) atoms. The first kappa shape index (κ1) is 15.6. The van der Waals surface area contributed by atoms with Crippen molar-refractivity contribution in [3.63, 3.8) is 0 Å². The highest BCUT2D eigenvalue weighted by atomic mass is 32.2. The zero-order valence-corrected chi connectivity index (χ0v) is 12.6. The van der Waals surface area contributed by atoms with E-state index in [1.54, 1.807) is 11.4 Å². The molecule has 0 atom stereocenters. The third kappa shape index (κ3) is 4.65. The van der Waals surface area contributed by atoms with Gasteiger partial charge in [-0.1, -0.05) is 6.07 Å². The van der Waals surface area contributed by atoms with Gasteiger partial charge in [-0.05, 0) is 17.9 Å². The Morgan fingerprint density at radius 3 is 2.50 bits per heavy atom. The van der Waals surface area contributed by atoms with Crippen molar-refractivity contribution < 1.29 is 16.8 Å². The van der Waals surface area contributed by atoms with Crippen molar-refractivity contribution in [2.75, 3.05) is 26.4 Å². The second-order valence-corrected chi connectivity index (χ2v) is 8.80. The topological polar surface area (TPSA) is 83.6 Å².